The Bertz CT molecular complexity index is 1770. The van der Waals surface area contributed by atoms with E-state index in [1.807, 2.05) is 20.6 Å². The second-order valence-electron chi connectivity index (χ2n) is 18.2. The summed E-state index contributed by atoms with van der Waals surface area (Å²) in [5, 5.41) is 39.6. The van der Waals surface area contributed by atoms with Crippen molar-refractivity contribution in [2.75, 3.05) is 13.7 Å². The van der Waals surface area contributed by atoms with Crippen LogP contribution in [0.4, 0.5) is 4.79 Å². The topological polar surface area (TPSA) is 273 Å². The Morgan fingerprint density at radius 1 is 0.969 bits per heavy atom. The van der Waals surface area contributed by atoms with Crippen LogP contribution in [0.3, 0.4) is 0 Å². The summed E-state index contributed by atoms with van der Waals surface area (Å²) in [5.41, 5.74) is 0.342. The molecule has 6 N–H and O–H groups in total. The van der Waals surface area contributed by atoms with E-state index in [-0.39, 0.29) is 36.5 Å². The van der Waals surface area contributed by atoms with Crippen molar-refractivity contribution in [1.82, 2.24) is 0 Å². The van der Waals surface area contributed by atoms with Crippen LogP contribution < -0.4 is 5.73 Å². The first kappa shape index (κ1) is 60.3. The third-order valence-electron chi connectivity index (χ3n) is 12.1. The molecule has 17 heteroatoms. The number of amides is 1. The summed E-state index contributed by atoms with van der Waals surface area (Å²) in [6.07, 6.45) is -4.51. The monoisotopic (exact) mass is 924 g/mol. The van der Waals surface area contributed by atoms with E-state index in [2.05, 4.69) is 18.6 Å². The summed E-state index contributed by atoms with van der Waals surface area (Å²) in [6.45, 7) is 26.5. The number of nitrogens with two attached hydrogens (primary N) is 1. The van der Waals surface area contributed by atoms with Crippen molar-refractivity contribution >= 4 is 42.5 Å². The maximum Gasteiger partial charge on any atom is 0.405 e. The van der Waals surface area contributed by atoms with Gasteiger partial charge in [-0.05, 0) is 70.2 Å². The summed E-state index contributed by atoms with van der Waals surface area (Å²) in [5.74, 6) is -5.01. The number of ether oxygens (including phenoxy) is 5. The highest BCUT2D eigenvalue weighted by atomic mass is 16.6. The van der Waals surface area contributed by atoms with E-state index in [4.69, 9.17) is 44.5 Å². The van der Waals surface area contributed by atoms with Gasteiger partial charge in [0.15, 0.2) is 11.9 Å². The molecule has 10 atom stereocenters. The minimum absolute atomic E-state index is 0.154. The standard InChI is InChI=1S/C37H50O10.C5H11NO2.C2H4O2.C2H6.CH4O.CH2O/c1-19(2)13-12-16-27(40)46-30-20(3)28-31(45-22(5)38)32(41)36(8)26(39)17-25-24(18-44-25)29(36)33(37(43,21(30)4)35(28,6)7)47-34(42)23-14-10-9-11-15-23;1-5(2,3)8-4(6)7;1-2(3)4;3*1-2/h9-11,14-15,19,21,24-26,29-31,33,39,43H,12-13,16-18H2,1-8H3;1-3H3,(H2,6,7);1H3,(H,3,4);1-2H3;2H,1H3;1H2/t21-,24+,25+,26-,29-,30+,31+,33-,36+,37+;;;;;/m0...../s1. The fourth-order valence-electron chi connectivity index (χ4n) is 9.34. The normalized spacial score (nSPS) is 29.1. The van der Waals surface area contributed by atoms with Gasteiger partial charge in [-0.2, -0.15) is 0 Å². The van der Waals surface area contributed by atoms with Gasteiger partial charge in [0.1, 0.15) is 30.2 Å². The minimum atomic E-state index is -1.97. The number of ketones is 1. The van der Waals surface area contributed by atoms with Crippen molar-refractivity contribution in [2.45, 2.75) is 164 Å². The molecule has 0 aromatic heterocycles. The summed E-state index contributed by atoms with van der Waals surface area (Å²) in [4.78, 5) is 81.9. The lowest BCUT2D eigenvalue weighted by Gasteiger charge is -2.65. The third-order valence-corrected chi connectivity index (χ3v) is 12.1. The molecule has 1 saturated heterocycles. The van der Waals surface area contributed by atoms with Crippen molar-refractivity contribution in [3.05, 3.63) is 47.0 Å². The highest BCUT2D eigenvalue weighted by molar-refractivity contribution is 5.95. The van der Waals surface area contributed by atoms with Crippen molar-refractivity contribution in [2.24, 2.45) is 40.2 Å². The van der Waals surface area contributed by atoms with Crippen LogP contribution in [0.25, 0.3) is 0 Å². The lowest BCUT2D eigenvalue weighted by atomic mass is 9.44. The van der Waals surface area contributed by atoms with Gasteiger partial charge in [-0.25, -0.2) is 9.59 Å². The molecule has 0 radical (unpaired) electrons. The first-order valence-electron chi connectivity index (χ1n) is 21.9. The van der Waals surface area contributed by atoms with Gasteiger partial charge < -0.3 is 54.6 Å². The highest BCUT2D eigenvalue weighted by Crippen LogP contribution is 2.63. The zero-order valence-electron chi connectivity index (χ0n) is 41.1. The number of primary amides is 1. The predicted molar refractivity (Wildman–Crippen MR) is 241 cm³/mol. The Morgan fingerprint density at radius 3 is 1.91 bits per heavy atom. The molecule has 4 aliphatic rings. The molecule has 2 bridgehead atoms. The Morgan fingerprint density at radius 2 is 1.49 bits per heavy atom. The van der Waals surface area contributed by atoms with Crippen molar-refractivity contribution in [3.8, 4) is 0 Å². The van der Waals surface area contributed by atoms with Crippen LogP contribution in [-0.2, 0) is 47.7 Å². The fraction of sp³-hybridized carbons (Fsp3) is 0.688. The molecule has 0 spiro atoms. The number of Topliss-reactive ketones (excluding diaryl/α,β-unsaturated/α-hetero) is 1. The molecule has 3 aliphatic carbocycles. The van der Waals surface area contributed by atoms with Gasteiger partial charge in [0, 0.05) is 57.0 Å². The number of carbonyl (C=O) groups excluding carboxylic acids is 6. The second kappa shape index (κ2) is 25.8. The van der Waals surface area contributed by atoms with E-state index in [1.165, 1.54) is 6.92 Å². The molecule has 1 aliphatic heterocycles. The van der Waals surface area contributed by atoms with Gasteiger partial charge in [0.05, 0.1) is 29.8 Å². The van der Waals surface area contributed by atoms with Gasteiger partial charge in [0.2, 0.25) is 0 Å². The Balaban J connectivity index is 0.00000195. The molecule has 370 valence electrons. The van der Waals surface area contributed by atoms with Gasteiger partial charge >= 0.3 is 24.0 Å². The summed E-state index contributed by atoms with van der Waals surface area (Å²) < 4.78 is 28.8. The number of aliphatic hydroxyl groups is 3. The van der Waals surface area contributed by atoms with E-state index in [0.29, 0.717) is 17.9 Å². The molecule has 0 unspecified atom stereocenters. The maximum atomic E-state index is 15.0. The Kier molecular flexibility index (Phi) is 24.0. The zero-order valence-corrected chi connectivity index (χ0v) is 41.1. The first-order valence-corrected chi connectivity index (χ1v) is 21.9. The average molecular weight is 924 g/mol. The van der Waals surface area contributed by atoms with Gasteiger partial charge in [0.25, 0.3) is 5.97 Å². The molecule has 1 aromatic rings. The lowest BCUT2D eigenvalue weighted by molar-refractivity contribution is -0.286. The number of hydrogen-bond acceptors (Lipinski definition) is 15. The number of fused-ring (bicyclic) bond motifs is 5. The SMILES string of the molecule is C=O.CC.CC(=O)O.CC(=O)O[C@H]1C(=O)[C@@]2(C)[C@@H]([C@@H]3CO[C@@H]3C[C@@H]2O)[C@H](OC(=O)c2ccccc2)[C@]2(O)[C@@H](C)[C@H](OC(=O)CCCC(C)C)C(C)=C1C2(C)C.CC(C)(C)OC(N)=O.CO. The van der Waals surface area contributed by atoms with E-state index >= 15 is 0 Å². The molecule has 2 saturated carbocycles. The van der Waals surface area contributed by atoms with Crippen LogP contribution >= 0.6 is 0 Å². The molecule has 3 fully saturated rings. The van der Waals surface area contributed by atoms with Crippen LogP contribution in [0.5, 0.6) is 0 Å². The molecule has 65 heavy (non-hydrogen) atoms. The van der Waals surface area contributed by atoms with Crippen LogP contribution in [0.15, 0.2) is 41.5 Å². The van der Waals surface area contributed by atoms with Crippen LogP contribution in [-0.4, -0.2) is 118 Å². The van der Waals surface area contributed by atoms with E-state index in [0.717, 1.165) is 20.5 Å². The number of carbonyl (C=O) groups is 7. The van der Waals surface area contributed by atoms with Crippen molar-refractivity contribution in [1.29, 1.82) is 0 Å². The van der Waals surface area contributed by atoms with Crippen molar-refractivity contribution < 1.29 is 77.7 Å². The molecule has 1 amide bonds. The minimum Gasteiger partial charge on any atom is -0.481 e. The molecular weight excluding hydrogens is 847 g/mol. The Labute approximate surface area is 384 Å². The number of hydrogen-bond donors (Lipinski definition) is 5. The quantitative estimate of drug-likeness (QED) is 0.113. The molecule has 17 nitrogen and oxygen atoms in total. The number of carboxylic acid groups (broad SMARTS) is 1. The highest BCUT2D eigenvalue weighted by Gasteiger charge is 2.74. The van der Waals surface area contributed by atoms with Crippen LogP contribution in [0.1, 0.15) is 133 Å². The van der Waals surface area contributed by atoms with Crippen LogP contribution in [0, 0.1) is 34.5 Å². The number of benzene rings is 1. The molecule has 1 aromatic carbocycles. The third kappa shape index (κ3) is 14.4. The first-order chi connectivity index (χ1) is 30.1. The molecule has 5 rings (SSSR count). The van der Waals surface area contributed by atoms with E-state index < -0.39 is 100 Å². The molecular formula is C48H77NO16. The number of carboxylic acids is 1. The zero-order chi connectivity index (χ0) is 51.0. The van der Waals surface area contributed by atoms with E-state index in [1.54, 1.807) is 85.7 Å². The predicted octanol–water partition coefficient (Wildman–Crippen LogP) is 6.01. The summed E-state index contributed by atoms with van der Waals surface area (Å²) in [7, 11) is 1.00. The fourth-order valence-corrected chi connectivity index (χ4v) is 9.34. The number of aliphatic hydroxyl groups excluding tert-OH is 2. The maximum absolute atomic E-state index is 15.0. The number of aliphatic carboxylic acids is 1. The van der Waals surface area contributed by atoms with Gasteiger partial charge in [-0.1, -0.05) is 73.1 Å². The number of esters is 3. The van der Waals surface area contributed by atoms with E-state index in [9.17, 15) is 34.2 Å². The summed E-state index contributed by atoms with van der Waals surface area (Å²) >= 11 is 0. The van der Waals surface area contributed by atoms with Crippen molar-refractivity contribution in [3.63, 3.8) is 0 Å². The number of rotatable bonds is 8. The Hall–Kier alpha value is -4.71. The smallest absolute Gasteiger partial charge is 0.405 e. The largest absolute Gasteiger partial charge is 0.481 e. The second-order valence-corrected chi connectivity index (χ2v) is 18.2. The lowest BCUT2D eigenvalue weighted by Crippen LogP contribution is -2.77. The van der Waals surface area contributed by atoms with Gasteiger partial charge in [-0.3, -0.25) is 19.2 Å². The van der Waals surface area contributed by atoms with Crippen LogP contribution in [0.2, 0.25) is 0 Å². The molecule has 1 heterocycles. The summed E-state index contributed by atoms with van der Waals surface area (Å²) in [6, 6.07) is 8.38. The van der Waals surface area contributed by atoms with Gasteiger partial charge in [-0.15, -0.1) is 0 Å². The average Bonchev–Trinajstić information content (AvgIpc) is 3.21.